The number of likely N-dealkylation sites (N-methyl/N-ethyl adjacent to an activating group) is 3. The number of carbonyl (C=O) groups excluding carboxylic acids is 17. The molecule has 3 aromatic carbocycles. The first kappa shape index (κ1) is 104. The normalized spacial score (nSPS) is 24.9. The molecule has 0 spiro atoms. The Labute approximate surface area is 776 Å². The van der Waals surface area contributed by atoms with Gasteiger partial charge in [0.1, 0.15) is 78.3 Å². The molecule has 3 aliphatic rings. The molecule has 0 unspecified atom stereocenters. The summed E-state index contributed by atoms with van der Waals surface area (Å²) in [5, 5.41) is 77.6. The first-order chi connectivity index (χ1) is 63.9. The van der Waals surface area contributed by atoms with Crippen LogP contribution in [0.4, 0.5) is 0 Å². The summed E-state index contributed by atoms with van der Waals surface area (Å²) < 4.78 is 0. The van der Waals surface area contributed by atoms with Crippen LogP contribution in [-0.2, 0) is 112 Å². The molecule has 0 bridgehead atoms. The molecule has 21 N–H and O–H groups in total. The first-order valence-electron chi connectivity index (χ1n) is 44.7. The quantitative estimate of drug-likeness (QED) is 0.0267. The van der Waals surface area contributed by atoms with E-state index in [1.54, 1.807) is 60.9 Å². The summed E-state index contributed by atoms with van der Waals surface area (Å²) in [6.07, 6.45) is 0.897. The van der Waals surface area contributed by atoms with Gasteiger partial charge in [-0.2, -0.15) is 0 Å². The number of aromatic amines is 3. The summed E-state index contributed by atoms with van der Waals surface area (Å²) >= 11 is 0.747. The average Bonchev–Trinajstić information content (AvgIpc) is 1.66. The number of nitrogens with one attached hydrogen (secondary N) is 12. The molecule has 44 heteroatoms. The summed E-state index contributed by atoms with van der Waals surface area (Å²) in [4.78, 5) is 280. The second-order valence-corrected chi connectivity index (χ2v) is 35.0. The number of Topliss-reactive ketones (excluding diaryl/α,β-unsaturated/α-hetero) is 1. The fraction of sp³-hybridized carbons (Fsp3) is 0.522. The number of imidazole rings is 1. The number of carboxylic acid groups (broad SMARTS) is 1. The third-order valence-corrected chi connectivity index (χ3v) is 25.2. The highest BCUT2D eigenvalue weighted by molar-refractivity contribution is 8.00. The van der Waals surface area contributed by atoms with Crippen molar-refractivity contribution in [2.75, 3.05) is 65.5 Å². The van der Waals surface area contributed by atoms with Gasteiger partial charge in [-0.15, -0.1) is 11.8 Å². The highest BCUT2D eigenvalue weighted by atomic mass is 32.2. The number of primary amides is 2. The number of H-pyrrole nitrogens is 3. The lowest BCUT2D eigenvalue weighted by molar-refractivity contribution is -0.149. The monoisotopic (exact) mass is 1880 g/mol. The van der Waals surface area contributed by atoms with Gasteiger partial charge in [0.2, 0.25) is 94.5 Å². The maximum Gasteiger partial charge on any atom is 0.303 e. The number of hydrogen-bond acceptors (Lipinski definition) is 24. The Bertz CT molecular complexity index is 5190. The molecule has 15 atom stereocenters. The number of rotatable bonds is 26. The van der Waals surface area contributed by atoms with Gasteiger partial charge in [0.25, 0.3) is 0 Å². The number of amides is 16. The molecule has 16 amide bonds. The van der Waals surface area contributed by atoms with E-state index in [1.807, 2.05) is 13.8 Å². The minimum Gasteiger partial charge on any atom is -0.508 e. The molecule has 3 aliphatic heterocycles. The van der Waals surface area contributed by atoms with Gasteiger partial charge in [-0.1, -0.05) is 88.1 Å². The van der Waals surface area contributed by atoms with E-state index in [0.29, 0.717) is 64.2 Å². The van der Waals surface area contributed by atoms with E-state index in [0.717, 1.165) is 36.3 Å². The zero-order valence-electron chi connectivity index (χ0n) is 75.6. The van der Waals surface area contributed by atoms with Crippen molar-refractivity contribution in [2.45, 2.75) is 227 Å². The first-order valence-corrected chi connectivity index (χ1v) is 45.8. The predicted molar refractivity (Wildman–Crippen MR) is 486 cm³/mol. The molecule has 3 fully saturated rings. The van der Waals surface area contributed by atoms with Crippen molar-refractivity contribution in [2.24, 2.45) is 17.4 Å². The number of aliphatic hydroxyl groups excluding tert-OH is 3. The van der Waals surface area contributed by atoms with Crippen molar-refractivity contribution < 1.29 is 112 Å². The Morgan fingerprint density at radius 2 is 1.13 bits per heavy atom. The molecule has 726 valence electrons. The van der Waals surface area contributed by atoms with Crippen LogP contribution in [0.25, 0.3) is 21.8 Å². The largest absolute Gasteiger partial charge is 0.508 e. The van der Waals surface area contributed by atoms with Crippen LogP contribution in [0.15, 0.2) is 97.7 Å². The van der Waals surface area contributed by atoms with Gasteiger partial charge in [0.05, 0.1) is 49.5 Å². The molecule has 134 heavy (non-hydrogen) atoms. The summed E-state index contributed by atoms with van der Waals surface area (Å²) in [5.74, 6) is -20.7. The Hall–Kier alpha value is -13.4. The minimum atomic E-state index is -1.90. The van der Waals surface area contributed by atoms with Gasteiger partial charge in [0, 0.05) is 131 Å². The number of aliphatic carboxylic acids is 1. The van der Waals surface area contributed by atoms with Crippen LogP contribution in [0.3, 0.4) is 0 Å². The van der Waals surface area contributed by atoms with E-state index in [4.69, 9.17) is 11.5 Å². The maximum absolute atomic E-state index is 15.7. The predicted octanol–water partition coefficient (Wildman–Crippen LogP) is -2.51. The molecular formula is C90H122N20O23S. The maximum atomic E-state index is 15.7. The number of fused-ring (bicyclic) bond motifs is 4. The van der Waals surface area contributed by atoms with Crippen molar-refractivity contribution in [3.63, 3.8) is 0 Å². The molecule has 3 aromatic heterocycles. The smallest absolute Gasteiger partial charge is 0.303 e. The van der Waals surface area contributed by atoms with Crippen molar-refractivity contribution in [3.8, 4) is 5.75 Å². The van der Waals surface area contributed by atoms with Crippen LogP contribution in [0.2, 0.25) is 0 Å². The van der Waals surface area contributed by atoms with E-state index in [1.165, 1.54) is 64.9 Å². The fourth-order valence-corrected chi connectivity index (χ4v) is 17.5. The number of carboxylic acids is 1. The van der Waals surface area contributed by atoms with Gasteiger partial charge in [-0.3, -0.25) is 86.3 Å². The van der Waals surface area contributed by atoms with E-state index in [-0.39, 0.29) is 75.8 Å². The number of para-hydroxylation sites is 2. The second kappa shape index (κ2) is 49.9. The number of benzene rings is 3. The molecule has 0 radical (unpaired) electrons. The van der Waals surface area contributed by atoms with Crippen molar-refractivity contribution in [1.29, 1.82) is 0 Å². The number of aliphatic hydroxyl groups is 3. The van der Waals surface area contributed by atoms with Crippen LogP contribution in [-0.4, -0.2) is 326 Å². The van der Waals surface area contributed by atoms with Crippen LogP contribution in [0.1, 0.15) is 139 Å². The molecule has 0 saturated carbocycles. The van der Waals surface area contributed by atoms with Crippen LogP contribution >= 0.6 is 11.8 Å². The number of aromatic nitrogens is 4. The molecule has 3 saturated heterocycles. The fourth-order valence-electron chi connectivity index (χ4n) is 16.7. The van der Waals surface area contributed by atoms with Crippen LogP contribution in [0.5, 0.6) is 5.75 Å². The highest BCUT2D eigenvalue weighted by Crippen LogP contribution is 2.30. The summed E-state index contributed by atoms with van der Waals surface area (Å²) in [7, 11) is 3.85. The molecule has 9 rings (SSSR count). The van der Waals surface area contributed by atoms with Crippen LogP contribution < -0.4 is 59.3 Å². The standard InChI is InChI=1S/C90H122N20O23S/c1-7-9-22-69-84(127)99-61(21-16-32-111)81(124)105-68(80(123)96-43-75(92)117)46-134-47-76(118)98-64(33-50-25-27-55(113)28-26-50)86(129)106(4)49(3)78(121)102-66(39-74(91)116)89(132)109-31-15-24-70(109)85(128)101-63(37-54-42-93-48-97-54)82(125)100-62(29-30-77(119)120)88(131)110-44-56(114)38-72(110)73(115)36-51(34-52-40-94-59-19-13-11-17-57(52)59)79(122)104-67(45-112)83(126)103-65(35-53-41-95-60-20-14-12-18-58(53)60)87(130)108(6)71(23-10-8-2)90(133)107(69)5/h11-14,17-20,25-28,40-42,48-49,51,56,61-72,94-95,111-114H,7-10,15-16,21-24,29-39,43-47H2,1-6H3,(H2,91,116)(H2,92,117)(H,93,97)(H,96,123)(H,98,118)(H,99,127)(H,100,125)(H,101,128)(H,102,121)(H,103,126)(H,104,122)(H,105,124)(H,119,120)/t49-,51+,56+,61-,62-,63-,64-,65-,66-,67-,68-,69-,70-,71-,72-/m0/s1. The Balaban J connectivity index is 1.10. The van der Waals surface area contributed by atoms with Crippen molar-refractivity contribution in [1.82, 2.24) is 92.3 Å². The lowest BCUT2D eigenvalue weighted by Gasteiger charge is -2.36. The zero-order valence-corrected chi connectivity index (χ0v) is 76.4. The topological polar surface area (TPSA) is 645 Å². The van der Waals surface area contributed by atoms with Crippen molar-refractivity contribution >= 4 is 140 Å². The van der Waals surface area contributed by atoms with Gasteiger partial charge in [-0.25, -0.2) is 4.98 Å². The van der Waals surface area contributed by atoms with Gasteiger partial charge in [0.15, 0.2) is 5.78 Å². The molecule has 6 heterocycles. The number of ketones is 1. The lowest BCUT2D eigenvalue weighted by Crippen LogP contribution is -2.61. The van der Waals surface area contributed by atoms with E-state index >= 15 is 38.4 Å². The number of phenols is 1. The number of thioether (sulfide) groups is 1. The average molecular weight is 1880 g/mol. The van der Waals surface area contributed by atoms with Gasteiger partial charge >= 0.3 is 5.97 Å². The third kappa shape index (κ3) is 28.6. The number of aromatic hydroxyl groups is 1. The Morgan fingerprint density at radius 3 is 1.75 bits per heavy atom. The van der Waals surface area contributed by atoms with Gasteiger partial charge < -0.3 is 124 Å². The second-order valence-electron chi connectivity index (χ2n) is 34.0. The summed E-state index contributed by atoms with van der Waals surface area (Å²) in [6, 6.07) is -1.47. The zero-order chi connectivity index (χ0) is 97.7. The number of nitrogens with zero attached hydrogens (tertiary/aromatic N) is 6. The number of hydrogen-bond donors (Lipinski definition) is 19. The summed E-state index contributed by atoms with van der Waals surface area (Å²) in [5.41, 5.74) is 13.9. The molecule has 43 nitrogen and oxygen atoms in total. The van der Waals surface area contributed by atoms with Gasteiger partial charge in [-0.05, 0) is 99.2 Å². The van der Waals surface area contributed by atoms with Crippen LogP contribution in [0, 0.1) is 5.92 Å². The number of carbonyl (C=O) groups is 18. The number of nitrogens with two attached hydrogens (primary N) is 2. The third-order valence-electron chi connectivity index (χ3n) is 24.2. The molecule has 6 aromatic rings. The SMILES string of the molecule is CCCC[C@H]1C(=O)N(C)[C@@H](CCCC)C(=O)N[C@@H](CCCO)C(=O)N[C@H](C(=O)NCC(N)=O)CSCC(=O)N[C@@H](Cc2ccc(O)cc2)C(=O)N(C)[C@@H](C)C(=O)N[C@@H](CC(N)=O)C(=O)N2CCC[C@H]2C(=O)N[C@@H](Cc2c[nH]cn2)C(=O)N[C@@H](CCC(=O)O)C(=O)N2C[C@H](O)C[C@H]2C(=O)C[C@@H](Cc2c[nH]c3ccccc23)C(=O)N[C@@H](CO)C(=O)N[C@@H](Cc2c[nH]c3ccccc23)C(=O)N1C. The van der Waals surface area contributed by atoms with Crippen molar-refractivity contribution in [3.05, 3.63) is 120 Å². The number of phenolic OH excluding ortho intramolecular Hbond substituents is 1. The Kier molecular flexibility index (Phi) is 38.9. The van der Waals surface area contributed by atoms with E-state index in [2.05, 4.69) is 67.8 Å². The number of unbranched alkanes of at least 4 members (excludes halogenated alkanes) is 2. The molecule has 0 aliphatic carbocycles. The molecular weight excluding hydrogens is 1760 g/mol. The lowest BCUT2D eigenvalue weighted by atomic mass is 9.90. The minimum absolute atomic E-state index is 0.0200. The highest BCUT2D eigenvalue weighted by Gasteiger charge is 2.47. The van der Waals surface area contributed by atoms with E-state index in [9.17, 15) is 73.5 Å². The summed E-state index contributed by atoms with van der Waals surface area (Å²) in [6.45, 7) is 1.81. The van der Waals surface area contributed by atoms with E-state index < -0.39 is 273 Å². The Morgan fingerprint density at radius 1 is 0.552 bits per heavy atom.